The number of aliphatic imine (C=N–C) groups is 2. The Labute approximate surface area is 302 Å². The van der Waals surface area contributed by atoms with Crippen LogP contribution in [-0.4, -0.2) is 71.7 Å². The summed E-state index contributed by atoms with van der Waals surface area (Å²) in [6.07, 6.45) is 0. The summed E-state index contributed by atoms with van der Waals surface area (Å²) in [5.74, 6) is 2.35. The lowest BCUT2D eigenvalue weighted by Gasteiger charge is -1.95. The fraction of sp³-hybridized carbons (Fsp3) is 0.788. The molecule has 0 aromatic heterocycles. The quantitative estimate of drug-likeness (QED) is 0.0776. The Morgan fingerprint density at radius 1 is 0.644 bits per heavy atom. The van der Waals surface area contributed by atoms with Gasteiger partial charge in [-0.1, -0.05) is 89.4 Å². The maximum atomic E-state index is 6.86. The molecule has 0 rings (SSSR count). The van der Waals surface area contributed by atoms with Crippen molar-refractivity contribution in [1.82, 2.24) is 16.0 Å². The molecule has 0 aromatic carbocycles. The average molecular weight is 708 g/mol. The smallest absolute Gasteiger partial charge is 0.0905 e. The van der Waals surface area contributed by atoms with Crippen molar-refractivity contribution in [1.29, 1.82) is 5.41 Å². The van der Waals surface area contributed by atoms with Crippen LogP contribution in [0.5, 0.6) is 0 Å². The number of hydrogen-bond acceptors (Lipinski definition) is 8. The monoisotopic (exact) mass is 708 g/mol. The van der Waals surface area contributed by atoms with Crippen molar-refractivity contribution in [3.8, 4) is 0 Å². The molecular weight excluding hydrogens is 619 g/mol. The fourth-order valence-electron chi connectivity index (χ4n) is 1.51. The third-order valence-corrected chi connectivity index (χ3v) is 3.52. The molecule has 0 fully saturated rings. The number of hydrogen-bond donors (Lipinski definition) is 7. The lowest BCUT2D eigenvalue weighted by Crippen LogP contribution is -2.16. The lowest BCUT2D eigenvalue weighted by molar-refractivity contribution is 0.859. The first-order valence-electron chi connectivity index (χ1n) is 13.3. The molecule has 0 atom stereocenters. The second-order valence-corrected chi connectivity index (χ2v) is 9.82. The lowest BCUT2D eigenvalue weighted by atomic mass is 10.5. The second kappa shape index (κ2) is 84.0. The average Bonchev–Trinajstić information content (AvgIpc) is 2.76. The second-order valence-electron chi connectivity index (χ2n) is 7.11. The molecular formula is C33H89N9S3. The molecule has 0 aromatic rings. The van der Waals surface area contributed by atoms with E-state index in [1.165, 1.54) is 0 Å². The van der Waals surface area contributed by atoms with Crippen molar-refractivity contribution in [3.63, 3.8) is 0 Å². The van der Waals surface area contributed by atoms with Gasteiger partial charge in [-0.15, -0.1) is 11.8 Å². The Bertz CT molecular complexity index is 508. The molecule has 0 spiro atoms. The van der Waals surface area contributed by atoms with Crippen LogP contribution in [0.25, 0.3) is 0 Å². The highest BCUT2D eigenvalue weighted by Crippen LogP contribution is 1.97. The van der Waals surface area contributed by atoms with Gasteiger partial charge in [-0.2, -0.15) is 0 Å². The number of nitrogens with two attached hydrogens (primary N) is 3. The van der Waals surface area contributed by atoms with Gasteiger partial charge in [0.1, 0.15) is 0 Å². The van der Waals surface area contributed by atoms with E-state index >= 15 is 0 Å². The zero-order valence-corrected chi connectivity index (χ0v) is 30.0. The van der Waals surface area contributed by atoms with Gasteiger partial charge in [-0.25, -0.2) is 0 Å². The number of allylic oxidation sites excluding steroid dienone is 1. The molecule has 45 heavy (non-hydrogen) atoms. The summed E-state index contributed by atoms with van der Waals surface area (Å²) >= 11 is 10.9. The Balaban J connectivity index is -0.0000000238. The van der Waals surface area contributed by atoms with E-state index in [0.717, 1.165) is 60.7 Å². The molecule has 0 bridgehead atoms. The highest BCUT2D eigenvalue weighted by molar-refractivity contribution is 8.13. The third kappa shape index (κ3) is 259. The van der Waals surface area contributed by atoms with Gasteiger partial charge in [-0.05, 0) is 88.5 Å². The number of thioether (sulfide) groups is 1. The van der Waals surface area contributed by atoms with Gasteiger partial charge < -0.3 is 33.2 Å². The van der Waals surface area contributed by atoms with Crippen molar-refractivity contribution in [2.45, 2.75) is 135 Å². The third-order valence-electron chi connectivity index (χ3n) is 2.51. The van der Waals surface area contributed by atoms with Crippen LogP contribution >= 0.6 is 36.2 Å². The van der Waals surface area contributed by atoms with Crippen LogP contribution in [0.4, 0.5) is 0 Å². The van der Waals surface area contributed by atoms with E-state index in [0.29, 0.717) is 16.7 Å². The molecule has 0 aliphatic rings. The van der Waals surface area contributed by atoms with Gasteiger partial charge in [0, 0.05) is 38.4 Å². The highest BCUT2D eigenvalue weighted by atomic mass is 32.2. The summed E-state index contributed by atoms with van der Waals surface area (Å²) in [7, 11) is 0. The minimum absolute atomic E-state index is 0. The van der Waals surface area contributed by atoms with Crippen LogP contribution in [0.1, 0.15) is 135 Å². The van der Waals surface area contributed by atoms with Gasteiger partial charge in [0.15, 0.2) is 0 Å². The normalized spacial score (nSPS) is 7.78. The van der Waals surface area contributed by atoms with Crippen LogP contribution in [-0.2, 0) is 0 Å². The summed E-state index contributed by atoms with van der Waals surface area (Å²) < 4.78 is 0. The largest absolute Gasteiger partial charge is 0.389 e. The van der Waals surface area contributed by atoms with Crippen molar-refractivity contribution in [2.75, 3.05) is 45.0 Å². The first-order valence-corrected chi connectivity index (χ1v) is 15.1. The van der Waals surface area contributed by atoms with E-state index in [2.05, 4.69) is 63.9 Å². The molecule has 0 amide bonds. The maximum Gasteiger partial charge on any atom is 0.0905 e. The standard InChI is InChI=1S/C5H11N.2C4H10N2.3C4H9NS.C2H7N.6CH4/c1-4-6-5(2)3;3*1-3-6-4(2)5;2*1-3-5-4(2)6;1-2-3;;;;;;/h6H,2,4H2,1,3H3;2*3H2,1-2H3,(H2,5,6);5H,3H2,1-2H3;2*3H2,1-2H3,(H,5,6);2-3H2,1H3;6*1H4. The van der Waals surface area contributed by atoms with E-state index in [1.807, 2.05) is 62.3 Å². The molecule has 284 valence electrons. The number of nitrogens with zero attached hydrogens (tertiary/aromatic N) is 2. The zero-order chi connectivity index (χ0) is 32.7. The van der Waals surface area contributed by atoms with Crippen molar-refractivity contribution in [3.05, 3.63) is 12.3 Å². The van der Waals surface area contributed by atoms with Crippen molar-refractivity contribution < 1.29 is 0 Å². The molecule has 12 heteroatoms. The van der Waals surface area contributed by atoms with Gasteiger partial charge in [0.25, 0.3) is 0 Å². The summed E-state index contributed by atoms with van der Waals surface area (Å²) in [4.78, 5) is 9.38. The van der Waals surface area contributed by atoms with E-state index in [-0.39, 0.29) is 44.6 Å². The van der Waals surface area contributed by atoms with Crippen molar-refractivity contribution >= 4 is 62.9 Å². The molecule has 9 nitrogen and oxygen atoms in total. The van der Waals surface area contributed by atoms with Gasteiger partial charge in [0.2, 0.25) is 0 Å². The van der Waals surface area contributed by atoms with Crippen LogP contribution in [0.15, 0.2) is 22.3 Å². The Hall–Kier alpha value is -1.76. The number of rotatable bonds is 7. The Kier molecular flexibility index (Phi) is 158. The van der Waals surface area contributed by atoms with Gasteiger partial charge in [-0.3, -0.25) is 15.4 Å². The van der Waals surface area contributed by atoms with E-state index in [1.54, 1.807) is 32.5 Å². The minimum atomic E-state index is 0. The molecule has 0 aliphatic carbocycles. The summed E-state index contributed by atoms with van der Waals surface area (Å²) in [5.41, 5.74) is 16.2. The maximum absolute atomic E-state index is 6.86. The van der Waals surface area contributed by atoms with Crippen molar-refractivity contribution in [2.24, 2.45) is 27.2 Å². The minimum Gasteiger partial charge on any atom is -0.389 e. The Morgan fingerprint density at radius 3 is 0.889 bits per heavy atom. The van der Waals surface area contributed by atoms with Crippen LogP contribution in [0.2, 0.25) is 0 Å². The van der Waals surface area contributed by atoms with E-state index in [4.69, 9.17) is 22.6 Å². The molecule has 0 aliphatic heterocycles. The first kappa shape index (κ1) is 84.4. The topological polar surface area (TPSA) is 163 Å². The number of thiocarbonyl (C=S) groups is 2. The van der Waals surface area contributed by atoms with Gasteiger partial charge in [0.05, 0.1) is 26.7 Å². The van der Waals surface area contributed by atoms with Crippen LogP contribution in [0.3, 0.4) is 0 Å². The summed E-state index contributed by atoms with van der Waals surface area (Å²) in [5, 5.41) is 16.5. The first-order chi connectivity index (χ1) is 18.0. The Morgan fingerprint density at radius 2 is 0.889 bits per heavy atom. The summed E-state index contributed by atoms with van der Waals surface area (Å²) in [6.45, 7) is 33.8. The number of nitrogens with one attached hydrogen (secondary N) is 4. The highest BCUT2D eigenvalue weighted by Gasteiger charge is 1.79. The molecule has 0 saturated carbocycles. The van der Waals surface area contributed by atoms with Gasteiger partial charge >= 0.3 is 0 Å². The molecule has 0 saturated heterocycles. The molecule has 0 unspecified atom stereocenters. The predicted octanol–water partition coefficient (Wildman–Crippen LogP) is 9.30. The van der Waals surface area contributed by atoms with E-state index in [9.17, 15) is 0 Å². The fourth-order valence-corrected chi connectivity index (χ4v) is 2.24. The van der Waals surface area contributed by atoms with Crippen LogP contribution in [0, 0.1) is 5.41 Å². The molecule has 10 N–H and O–H groups in total. The van der Waals surface area contributed by atoms with Crippen LogP contribution < -0.4 is 33.2 Å². The number of amidine groups is 2. The zero-order valence-electron chi connectivity index (χ0n) is 27.5. The molecule has 0 radical (unpaired) electrons. The molecule has 0 heterocycles. The SMILES string of the molecule is C.C.C.C.C.C.C=C(C)NCC.CCN.CCN=C(C)N.CCN=C(C)N.CCNC(C)=S.CCNC(C)=S.CCSC(C)=N. The predicted molar refractivity (Wildman–Crippen MR) is 235 cm³/mol. The summed E-state index contributed by atoms with van der Waals surface area (Å²) in [6, 6.07) is 0. The van der Waals surface area contributed by atoms with E-state index < -0.39 is 0 Å².